The Kier molecular flexibility index (Phi) is 22.0. The fourth-order valence-corrected chi connectivity index (χ4v) is 7.03. The molecule has 1 saturated heterocycles. The molecule has 1 saturated carbocycles. The summed E-state index contributed by atoms with van der Waals surface area (Å²) in [6.07, 6.45) is 9.63. The summed E-state index contributed by atoms with van der Waals surface area (Å²) in [5, 5.41) is 11.4. The predicted molar refractivity (Wildman–Crippen MR) is 201 cm³/mol. The largest absolute Gasteiger partial charge is 0.385 e. The second-order valence-corrected chi connectivity index (χ2v) is 14.7. The SMILES string of the molecule is CCCCCCN1CCNC(=O)[C@H](COCCCN)NC(=O)[C@H](CN)NC(=O)[C@H](C2CCCCC2)NC(=O)[C@H](CC(C)C)N(C)C(=O)[C@@H]1CCOC. The lowest BCUT2D eigenvalue weighted by Crippen LogP contribution is -2.63. The van der Waals surface area contributed by atoms with Crippen LogP contribution in [0.3, 0.4) is 0 Å². The normalized spacial score (nSPS) is 25.7. The molecule has 1 aliphatic heterocycles. The highest BCUT2D eigenvalue weighted by Gasteiger charge is 2.39. The number of hydrogen-bond acceptors (Lipinski definition) is 10. The summed E-state index contributed by atoms with van der Waals surface area (Å²) in [6.45, 7) is 7.98. The maximum Gasteiger partial charge on any atom is 0.245 e. The van der Waals surface area contributed by atoms with Crippen LogP contribution in [0.4, 0.5) is 0 Å². The lowest BCUT2D eigenvalue weighted by Gasteiger charge is -2.38. The first kappa shape index (κ1) is 45.3. The van der Waals surface area contributed by atoms with Crippen molar-refractivity contribution >= 4 is 29.5 Å². The van der Waals surface area contributed by atoms with E-state index in [1.165, 1.54) is 4.90 Å². The molecule has 300 valence electrons. The Morgan fingerprint density at radius 2 is 1.54 bits per heavy atom. The van der Waals surface area contributed by atoms with E-state index in [0.717, 1.165) is 57.8 Å². The van der Waals surface area contributed by atoms with E-state index in [-0.39, 0.29) is 37.4 Å². The molecule has 0 aromatic heterocycles. The number of amides is 5. The number of unbranched alkanes of at least 4 members (excludes halogenated alkanes) is 3. The van der Waals surface area contributed by atoms with Crippen molar-refractivity contribution in [2.75, 3.05) is 66.7 Å². The van der Waals surface area contributed by atoms with Gasteiger partial charge in [0.25, 0.3) is 0 Å². The highest BCUT2D eigenvalue weighted by atomic mass is 16.5. The van der Waals surface area contributed by atoms with Crippen molar-refractivity contribution in [2.24, 2.45) is 23.3 Å². The summed E-state index contributed by atoms with van der Waals surface area (Å²) >= 11 is 0. The molecule has 0 aromatic rings. The third kappa shape index (κ3) is 15.2. The Hall–Kier alpha value is -2.85. The highest BCUT2D eigenvalue weighted by Crippen LogP contribution is 2.27. The van der Waals surface area contributed by atoms with Gasteiger partial charge in [-0.05, 0) is 63.5 Å². The third-order valence-corrected chi connectivity index (χ3v) is 10.1. The van der Waals surface area contributed by atoms with Crippen LogP contribution >= 0.6 is 0 Å². The molecule has 8 N–H and O–H groups in total. The predicted octanol–water partition coefficient (Wildman–Crippen LogP) is 0.636. The van der Waals surface area contributed by atoms with E-state index >= 15 is 0 Å². The standard InChI is InChI=1S/C37H70N8O7/c1-6-7-8-12-19-45-20-18-40-33(46)29(25-52-21-13-17-38)42-34(47)28(24-39)41-36(49)32(27-14-10-9-11-15-27)43-35(48)31(23-26(2)3)44(4)37(50)30(45)16-22-51-5/h26-32H,6-25,38-39H2,1-5H3,(H,40,46)(H,41,49)(H,42,47)(H,43,48)/t28-,29-,30-,31-,32-/m0/s1. The molecular weight excluding hydrogens is 668 g/mol. The van der Waals surface area contributed by atoms with Gasteiger partial charge in [-0.3, -0.25) is 28.9 Å². The fraction of sp³-hybridized carbons (Fsp3) is 0.865. The van der Waals surface area contributed by atoms with E-state index in [1.54, 1.807) is 14.2 Å². The summed E-state index contributed by atoms with van der Waals surface area (Å²) in [5.74, 6) is -2.34. The zero-order chi connectivity index (χ0) is 38.5. The molecule has 0 spiro atoms. The molecule has 15 heteroatoms. The molecule has 2 aliphatic rings. The number of carbonyl (C=O) groups excluding carboxylic acids is 5. The maximum atomic E-state index is 14.5. The minimum absolute atomic E-state index is 0.0705. The number of carbonyl (C=O) groups is 5. The Morgan fingerprint density at radius 3 is 2.17 bits per heavy atom. The van der Waals surface area contributed by atoms with Crippen molar-refractivity contribution < 1.29 is 33.4 Å². The molecule has 5 amide bonds. The smallest absolute Gasteiger partial charge is 0.245 e. The van der Waals surface area contributed by atoms with E-state index in [9.17, 15) is 24.0 Å². The van der Waals surface area contributed by atoms with Crippen molar-refractivity contribution in [1.82, 2.24) is 31.1 Å². The van der Waals surface area contributed by atoms with Crippen LogP contribution < -0.4 is 32.7 Å². The number of methoxy groups -OCH3 is 1. The lowest BCUT2D eigenvalue weighted by atomic mass is 9.83. The van der Waals surface area contributed by atoms with Gasteiger partial charge in [-0.2, -0.15) is 0 Å². The first-order valence-electron chi connectivity index (χ1n) is 19.6. The molecule has 52 heavy (non-hydrogen) atoms. The van der Waals surface area contributed by atoms with E-state index in [0.29, 0.717) is 52.1 Å². The van der Waals surface area contributed by atoms with Gasteiger partial charge in [0.1, 0.15) is 24.2 Å². The van der Waals surface area contributed by atoms with Gasteiger partial charge in [0, 0.05) is 47.0 Å². The van der Waals surface area contributed by atoms with Crippen LogP contribution in [0.2, 0.25) is 0 Å². The zero-order valence-corrected chi connectivity index (χ0v) is 32.6. The van der Waals surface area contributed by atoms with Gasteiger partial charge < -0.3 is 47.1 Å². The number of nitrogens with two attached hydrogens (primary N) is 2. The molecule has 1 aliphatic carbocycles. The van der Waals surface area contributed by atoms with Gasteiger partial charge in [-0.1, -0.05) is 59.3 Å². The molecule has 0 radical (unpaired) electrons. The first-order chi connectivity index (χ1) is 25.0. The average molecular weight is 739 g/mol. The first-order valence-corrected chi connectivity index (χ1v) is 19.6. The van der Waals surface area contributed by atoms with Crippen LogP contribution in [0.25, 0.3) is 0 Å². The van der Waals surface area contributed by atoms with Gasteiger partial charge in [0.2, 0.25) is 29.5 Å². The molecule has 0 unspecified atom stereocenters. The highest BCUT2D eigenvalue weighted by molar-refractivity contribution is 5.96. The minimum atomic E-state index is -1.16. The van der Waals surface area contributed by atoms with Crippen molar-refractivity contribution in [2.45, 2.75) is 128 Å². The Bertz CT molecular complexity index is 1090. The molecule has 0 aromatic carbocycles. The van der Waals surface area contributed by atoms with Crippen molar-refractivity contribution in [3.63, 3.8) is 0 Å². The Morgan fingerprint density at radius 1 is 0.827 bits per heavy atom. The van der Waals surface area contributed by atoms with Gasteiger partial charge >= 0.3 is 0 Å². The number of nitrogens with one attached hydrogen (secondary N) is 4. The number of ether oxygens (including phenoxy) is 2. The van der Waals surface area contributed by atoms with Crippen molar-refractivity contribution in [1.29, 1.82) is 0 Å². The second-order valence-electron chi connectivity index (χ2n) is 14.7. The number of hydrogen-bond donors (Lipinski definition) is 6. The summed E-state index contributed by atoms with van der Waals surface area (Å²) < 4.78 is 11.1. The van der Waals surface area contributed by atoms with Crippen molar-refractivity contribution in [3.8, 4) is 0 Å². The molecular formula is C37H70N8O7. The number of rotatable bonds is 17. The molecule has 5 atom stereocenters. The summed E-state index contributed by atoms with van der Waals surface area (Å²) in [5.41, 5.74) is 11.6. The van der Waals surface area contributed by atoms with E-state index < -0.39 is 53.8 Å². The quantitative estimate of drug-likeness (QED) is 0.115. The average Bonchev–Trinajstić information content (AvgIpc) is 3.13. The Balaban J connectivity index is 2.60. The van der Waals surface area contributed by atoms with Gasteiger partial charge in [-0.15, -0.1) is 0 Å². The van der Waals surface area contributed by atoms with Crippen LogP contribution in [0.1, 0.15) is 97.8 Å². The van der Waals surface area contributed by atoms with E-state index in [4.69, 9.17) is 20.9 Å². The fourth-order valence-electron chi connectivity index (χ4n) is 7.03. The van der Waals surface area contributed by atoms with Gasteiger partial charge in [0.05, 0.1) is 12.6 Å². The number of likely N-dealkylation sites (N-methyl/N-ethyl adjacent to an activating group) is 1. The van der Waals surface area contributed by atoms with E-state index in [1.807, 2.05) is 13.8 Å². The lowest BCUT2D eigenvalue weighted by molar-refractivity contribution is -0.145. The molecule has 15 nitrogen and oxygen atoms in total. The topological polar surface area (TPSA) is 210 Å². The van der Waals surface area contributed by atoms with Crippen LogP contribution in [0, 0.1) is 11.8 Å². The van der Waals surface area contributed by atoms with Crippen LogP contribution in [0.15, 0.2) is 0 Å². The molecule has 2 rings (SSSR count). The van der Waals surface area contributed by atoms with E-state index in [2.05, 4.69) is 33.1 Å². The van der Waals surface area contributed by atoms with Crippen LogP contribution in [-0.2, 0) is 33.4 Å². The summed E-state index contributed by atoms with van der Waals surface area (Å²) in [4.78, 5) is 73.6. The van der Waals surface area contributed by atoms with Crippen LogP contribution in [0.5, 0.6) is 0 Å². The maximum absolute atomic E-state index is 14.5. The molecule has 0 bridgehead atoms. The number of nitrogens with zero attached hydrogens (tertiary/aromatic N) is 2. The monoisotopic (exact) mass is 739 g/mol. The minimum Gasteiger partial charge on any atom is -0.385 e. The Labute approximate surface area is 311 Å². The third-order valence-electron chi connectivity index (χ3n) is 10.1. The summed E-state index contributed by atoms with van der Waals surface area (Å²) in [6, 6.07) is -4.64. The summed E-state index contributed by atoms with van der Waals surface area (Å²) in [7, 11) is 3.25. The second kappa shape index (κ2) is 25.2. The molecule has 1 heterocycles. The zero-order valence-electron chi connectivity index (χ0n) is 32.6. The van der Waals surface area contributed by atoms with Gasteiger partial charge in [0.15, 0.2) is 0 Å². The van der Waals surface area contributed by atoms with Crippen LogP contribution in [-0.4, -0.2) is 136 Å². The van der Waals surface area contributed by atoms with Crippen molar-refractivity contribution in [3.05, 3.63) is 0 Å². The van der Waals surface area contributed by atoms with Gasteiger partial charge in [-0.25, -0.2) is 0 Å². The molecule has 2 fully saturated rings.